The highest BCUT2D eigenvalue weighted by Crippen LogP contribution is 1.66. The van der Waals surface area contributed by atoms with Crippen molar-refractivity contribution >= 4 is 25.3 Å². The van der Waals surface area contributed by atoms with Crippen molar-refractivity contribution < 1.29 is 4.79 Å². The van der Waals surface area contributed by atoms with Gasteiger partial charge in [-0.1, -0.05) is 0 Å². The molecule has 30 valence electrons. The van der Waals surface area contributed by atoms with Gasteiger partial charge in [-0.3, -0.25) is 0 Å². The number of hydrogen-bond acceptors (Lipinski definition) is 1. The van der Waals surface area contributed by atoms with E-state index in [1.165, 1.54) is 6.92 Å². The van der Waals surface area contributed by atoms with Crippen molar-refractivity contribution in [2.75, 3.05) is 0 Å². The zero-order valence-electron chi connectivity index (χ0n) is 2.99. The molecule has 1 nitrogen and oxygen atoms in total. The highest BCUT2D eigenvalue weighted by molar-refractivity contribution is 7.11. The molecule has 0 rings (SSSR count). The fourth-order valence-corrected chi connectivity index (χ4v) is 0. The summed E-state index contributed by atoms with van der Waals surface area (Å²) in [6, 6.07) is 0. The molecule has 0 spiro atoms. The molecule has 0 saturated heterocycles. The quantitative estimate of drug-likeness (QED) is 0.338. The van der Waals surface area contributed by atoms with Gasteiger partial charge in [0.2, 0.25) is 0 Å². The molecule has 0 amide bonds. The Morgan fingerprint density at radius 1 is 2.00 bits per heavy atom. The summed E-state index contributed by atoms with van der Waals surface area (Å²) in [4.78, 5) is 9.74. The standard InChI is InChI=1S/C2H5ClOSi/c1-2(4)5-3/h5H2,1H3. The first-order chi connectivity index (χ1) is 2.27. The minimum Gasteiger partial charge on any atom is -0.305 e. The maximum atomic E-state index is 9.74. The monoisotopic (exact) mass is 108 g/mol. The maximum Gasteiger partial charge on any atom is 0.200 e. The number of halogens is 1. The van der Waals surface area contributed by atoms with E-state index in [2.05, 4.69) is 0 Å². The summed E-state index contributed by atoms with van der Waals surface area (Å²) >= 11 is 5.13. The first kappa shape index (κ1) is 5.18. The van der Waals surface area contributed by atoms with Crippen molar-refractivity contribution in [2.24, 2.45) is 0 Å². The number of rotatable bonds is 1. The smallest absolute Gasteiger partial charge is 0.200 e. The van der Waals surface area contributed by atoms with Gasteiger partial charge in [0.05, 0.1) is 0 Å². The van der Waals surface area contributed by atoms with Crippen LogP contribution in [0.1, 0.15) is 6.92 Å². The molecule has 0 bridgehead atoms. The predicted octanol–water partition coefficient (Wildman–Crippen LogP) is -0.144. The lowest BCUT2D eigenvalue weighted by molar-refractivity contribution is -0.110. The summed E-state index contributed by atoms with van der Waals surface area (Å²) in [5, 5.41) is 0.159. The Balaban J connectivity index is 2.85. The molecule has 0 aliphatic carbocycles. The van der Waals surface area contributed by atoms with E-state index in [1.54, 1.807) is 0 Å². The van der Waals surface area contributed by atoms with Crippen LogP contribution in [-0.4, -0.2) is 14.2 Å². The summed E-state index contributed by atoms with van der Waals surface area (Å²) in [7, 11) is -0.818. The van der Waals surface area contributed by atoms with Crippen LogP contribution in [-0.2, 0) is 4.79 Å². The normalized spacial score (nSPS) is 10.0. The van der Waals surface area contributed by atoms with Crippen molar-refractivity contribution in [2.45, 2.75) is 6.92 Å². The Morgan fingerprint density at radius 2 is 2.20 bits per heavy atom. The Morgan fingerprint density at radius 3 is 2.20 bits per heavy atom. The van der Waals surface area contributed by atoms with E-state index < -0.39 is 8.83 Å². The van der Waals surface area contributed by atoms with E-state index in [-0.39, 0.29) is 5.41 Å². The summed E-state index contributed by atoms with van der Waals surface area (Å²) < 4.78 is 0. The molecule has 0 aliphatic rings. The second-order valence-electron chi connectivity index (χ2n) is 0.836. The second kappa shape index (κ2) is 2.42. The largest absolute Gasteiger partial charge is 0.305 e. The average molecular weight is 109 g/mol. The highest BCUT2D eigenvalue weighted by atomic mass is 35.6. The predicted molar refractivity (Wildman–Crippen MR) is 25.1 cm³/mol. The van der Waals surface area contributed by atoms with Crippen LogP contribution in [0.3, 0.4) is 0 Å². The first-order valence-corrected chi connectivity index (χ1v) is 4.17. The Hall–Kier alpha value is 0.177. The van der Waals surface area contributed by atoms with Crippen LogP contribution >= 0.6 is 11.1 Å². The molecule has 0 radical (unpaired) electrons. The van der Waals surface area contributed by atoms with Gasteiger partial charge in [0.1, 0.15) is 5.41 Å². The van der Waals surface area contributed by atoms with Crippen LogP contribution in [0.4, 0.5) is 0 Å². The Bertz CT molecular complexity index is 44.9. The molecule has 0 fully saturated rings. The Kier molecular flexibility index (Phi) is 2.50. The topological polar surface area (TPSA) is 17.1 Å². The van der Waals surface area contributed by atoms with Gasteiger partial charge in [-0.2, -0.15) is 11.1 Å². The van der Waals surface area contributed by atoms with E-state index in [9.17, 15) is 4.79 Å². The zero-order chi connectivity index (χ0) is 4.28. The molecule has 3 heteroatoms. The minimum absolute atomic E-state index is 0.159. The lowest BCUT2D eigenvalue weighted by Crippen LogP contribution is -1.92. The van der Waals surface area contributed by atoms with Gasteiger partial charge in [0.15, 0.2) is 8.83 Å². The molecular weight excluding hydrogens is 104 g/mol. The van der Waals surface area contributed by atoms with E-state index in [0.29, 0.717) is 0 Å². The van der Waals surface area contributed by atoms with Crippen LogP contribution in [0, 0.1) is 0 Å². The summed E-state index contributed by atoms with van der Waals surface area (Å²) in [6.07, 6.45) is 0. The van der Waals surface area contributed by atoms with Crippen LogP contribution in [0.5, 0.6) is 0 Å². The van der Waals surface area contributed by atoms with Crippen LogP contribution in [0.25, 0.3) is 0 Å². The van der Waals surface area contributed by atoms with Gasteiger partial charge >= 0.3 is 0 Å². The summed E-state index contributed by atoms with van der Waals surface area (Å²) in [6.45, 7) is 1.51. The molecular formula is C2H5ClOSi. The third-order valence-corrected chi connectivity index (χ3v) is 1.69. The van der Waals surface area contributed by atoms with Crippen molar-refractivity contribution in [3.05, 3.63) is 0 Å². The molecule has 0 aromatic carbocycles. The summed E-state index contributed by atoms with van der Waals surface area (Å²) in [5.41, 5.74) is 0. The van der Waals surface area contributed by atoms with Gasteiger partial charge in [-0.05, 0) is 6.92 Å². The van der Waals surface area contributed by atoms with Crippen LogP contribution in [0.2, 0.25) is 0 Å². The number of carbonyl (C=O) groups is 1. The molecule has 0 N–H and O–H groups in total. The van der Waals surface area contributed by atoms with Crippen molar-refractivity contribution in [1.29, 1.82) is 0 Å². The lowest BCUT2D eigenvalue weighted by Gasteiger charge is -1.67. The third-order valence-electron chi connectivity index (χ3n) is 0.188. The highest BCUT2D eigenvalue weighted by Gasteiger charge is 1.81. The Labute approximate surface area is 37.8 Å². The number of carbonyl (C=O) groups excluding carboxylic acids is 1. The molecule has 0 aliphatic heterocycles. The average Bonchev–Trinajstić information content (AvgIpc) is 1.38. The summed E-state index contributed by atoms with van der Waals surface area (Å²) in [5.74, 6) is 0. The molecule has 5 heavy (non-hydrogen) atoms. The van der Waals surface area contributed by atoms with Crippen LogP contribution < -0.4 is 0 Å². The second-order valence-corrected chi connectivity index (χ2v) is 2.90. The third kappa shape index (κ3) is 4.18. The fraction of sp³-hybridized carbons (Fsp3) is 0.500. The van der Waals surface area contributed by atoms with E-state index in [0.717, 1.165) is 0 Å². The molecule has 0 atom stereocenters. The van der Waals surface area contributed by atoms with Crippen LogP contribution in [0.15, 0.2) is 0 Å². The molecule has 0 aromatic rings. The van der Waals surface area contributed by atoms with Crippen molar-refractivity contribution in [3.8, 4) is 0 Å². The van der Waals surface area contributed by atoms with Gasteiger partial charge in [0.25, 0.3) is 0 Å². The van der Waals surface area contributed by atoms with Crippen molar-refractivity contribution in [1.82, 2.24) is 0 Å². The maximum absolute atomic E-state index is 9.74. The zero-order valence-corrected chi connectivity index (χ0v) is 5.16. The van der Waals surface area contributed by atoms with E-state index in [1.807, 2.05) is 0 Å². The SMILES string of the molecule is CC(=O)[SiH2]Cl. The van der Waals surface area contributed by atoms with Gasteiger partial charge < -0.3 is 4.79 Å². The van der Waals surface area contributed by atoms with Crippen molar-refractivity contribution in [3.63, 3.8) is 0 Å². The van der Waals surface area contributed by atoms with Gasteiger partial charge in [-0.25, -0.2) is 0 Å². The first-order valence-electron chi connectivity index (χ1n) is 1.32. The van der Waals surface area contributed by atoms with Gasteiger partial charge in [0, 0.05) is 0 Å². The van der Waals surface area contributed by atoms with E-state index >= 15 is 0 Å². The fourth-order valence-electron chi connectivity index (χ4n) is 0. The van der Waals surface area contributed by atoms with E-state index in [4.69, 9.17) is 11.1 Å². The number of hydrogen-bond donors (Lipinski definition) is 0. The molecule has 0 aromatic heterocycles. The van der Waals surface area contributed by atoms with Gasteiger partial charge in [-0.15, -0.1) is 0 Å². The molecule has 0 saturated carbocycles. The lowest BCUT2D eigenvalue weighted by atomic mass is 10.9. The molecule has 0 heterocycles. The molecule has 0 unspecified atom stereocenters. The minimum atomic E-state index is -0.818.